The molecule has 1 aromatic heterocycles. The maximum absolute atomic E-state index is 12.3. The summed E-state index contributed by atoms with van der Waals surface area (Å²) in [5.41, 5.74) is 3.20. The Morgan fingerprint density at radius 2 is 1.52 bits per heavy atom. The van der Waals surface area contributed by atoms with Crippen LogP contribution >= 0.6 is 0 Å². The summed E-state index contributed by atoms with van der Waals surface area (Å²) in [6, 6.07) is 19.1. The van der Waals surface area contributed by atoms with Gasteiger partial charge in [-0.2, -0.15) is 0 Å². The molecule has 1 atom stereocenters. The van der Waals surface area contributed by atoms with E-state index in [1.54, 1.807) is 36.7 Å². The van der Waals surface area contributed by atoms with Crippen LogP contribution in [-0.2, 0) is 16.1 Å². The predicted molar refractivity (Wildman–Crippen MR) is 116 cm³/mol. The number of benzene rings is 2. The first-order valence-corrected chi connectivity index (χ1v) is 9.87. The lowest BCUT2D eigenvalue weighted by Crippen LogP contribution is -2.38. The minimum atomic E-state index is -1.04. The monoisotopic (exact) mass is 417 g/mol. The second kappa shape index (κ2) is 10.8. The number of imide groups is 1. The molecule has 3 aromatic rings. The van der Waals surface area contributed by atoms with Crippen LogP contribution in [0.4, 0.5) is 0 Å². The summed E-state index contributed by atoms with van der Waals surface area (Å²) in [4.78, 5) is 39.9. The van der Waals surface area contributed by atoms with Crippen molar-refractivity contribution < 1.29 is 19.5 Å². The molecular formula is C24H23N3O4. The van der Waals surface area contributed by atoms with E-state index in [9.17, 15) is 19.5 Å². The zero-order valence-corrected chi connectivity index (χ0v) is 16.8. The van der Waals surface area contributed by atoms with Crippen molar-refractivity contribution >= 4 is 17.8 Å². The van der Waals surface area contributed by atoms with Crippen LogP contribution in [0.25, 0.3) is 11.1 Å². The molecule has 1 heterocycles. The third-order valence-electron chi connectivity index (χ3n) is 4.77. The maximum Gasteiger partial charge on any atom is 0.320 e. The molecule has 0 radical (unpaired) electrons. The van der Waals surface area contributed by atoms with Gasteiger partial charge in [-0.15, -0.1) is 0 Å². The molecule has 2 amide bonds. The van der Waals surface area contributed by atoms with Gasteiger partial charge in [-0.1, -0.05) is 42.5 Å². The van der Waals surface area contributed by atoms with E-state index in [1.165, 1.54) is 0 Å². The number of carboxylic acids is 1. The van der Waals surface area contributed by atoms with Crippen molar-refractivity contribution in [1.29, 1.82) is 0 Å². The minimum absolute atomic E-state index is 0.0717. The van der Waals surface area contributed by atoms with Gasteiger partial charge in [-0.3, -0.25) is 24.7 Å². The van der Waals surface area contributed by atoms with Crippen LogP contribution in [0, 0.1) is 0 Å². The average Bonchev–Trinajstić information content (AvgIpc) is 2.80. The van der Waals surface area contributed by atoms with Gasteiger partial charge in [0.2, 0.25) is 5.91 Å². The third kappa shape index (κ3) is 6.58. The summed E-state index contributed by atoms with van der Waals surface area (Å²) in [6.07, 6.45) is 3.36. The quantitative estimate of drug-likeness (QED) is 0.494. The summed E-state index contributed by atoms with van der Waals surface area (Å²) in [5.74, 6) is -2.08. The van der Waals surface area contributed by atoms with Crippen LogP contribution < -0.4 is 10.6 Å². The van der Waals surface area contributed by atoms with E-state index in [-0.39, 0.29) is 12.8 Å². The van der Waals surface area contributed by atoms with Gasteiger partial charge < -0.3 is 10.4 Å². The molecule has 0 aliphatic rings. The van der Waals surface area contributed by atoms with Crippen molar-refractivity contribution in [1.82, 2.24) is 15.6 Å². The van der Waals surface area contributed by atoms with Gasteiger partial charge in [-0.25, -0.2) is 0 Å². The zero-order chi connectivity index (χ0) is 22.1. The van der Waals surface area contributed by atoms with E-state index in [0.29, 0.717) is 12.1 Å². The molecule has 0 saturated carbocycles. The highest BCUT2D eigenvalue weighted by Crippen LogP contribution is 2.18. The lowest BCUT2D eigenvalue weighted by molar-refractivity contribution is -0.139. The smallest absolute Gasteiger partial charge is 0.320 e. The van der Waals surface area contributed by atoms with E-state index in [2.05, 4.69) is 15.6 Å². The average molecular weight is 417 g/mol. The Kier molecular flexibility index (Phi) is 7.61. The van der Waals surface area contributed by atoms with Crippen LogP contribution in [0.1, 0.15) is 28.8 Å². The molecule has 3 rings (SSSR count). The van der Waals surface area contributed by atoms with E-state index in [4.69, 9.17) is 0 Å². The summed E-state index contributed by atoms with van der Waals surface area (Å²) >= 11 is 0. The Morgan fingerprint density at radius 1 is 0.871 bits per heavy atom. The molecule has 0 fully saturated rings. The topological polar surface area (TPSA) is 108 Å². The van der Waals surface area contributed by atoms with Gasteiger partial charge >= 0.3 is 5.97 Å². The molecule has 0 unspecified atom stereocenters. The summed E-state index contributed by atoms with van der Waals surface area (Å²) in [6.45, 7) is 0.377. The fraction of sp³-hybridized carbons (Fsp3) is 0.167. The lowest BCUT2D eigenvalue weighted by Gasteiger charge is -2.14. The first-order chi connectivity index (χ1) is 15.0. The van der Waals surface area contributed by atoms with E-state index in [0.717, 1.165) is 16.7 Å². The number of hydrogen-bond donors (Lipinski definition) is 3. The molecule has 2 aromatic carbocycles. The number of aliphatic carboxylic acids is 1. The highest BCUT2D eigenvalue weighted by molar-refractivity contribution is 6.04. The summed E-state index contributed by atoms with van der Waals surface area (Å²) < 4.78 is 0. The molecule has 31 heavy (non-hydrogen) atoms. The number of carbonyl (C=O) groups is 3. The van der Waals surface area contributed by atoms with Crippen LogP contribution in [0.5, 0.6) is 0 Å². The number of rotatable bonds is 9. The second-order valence-electron chi connectivity index (χ2n) is 6.99. The molecule has 0 bridgehead atoms. The number of nitrogens with zero attached hydrogens (tertiary/aromatic N) is 1. The molecule has 0 aliphatic heterocycles. The van der Waals surface area contributed by atoms with E-state index in [1.807, 2.05) is 42.5 Å². The van der Waals surface area contributed by atoms with Crippen molar-refractivity contribution in [3.8, 4) is 11.1 Å². The molecule has 0 saturated heterocycles. The van der Waals surface area contributed by atoms with Crippen molar-refractivity contribution in [2.45, 2.75) is 25.4 Å². The van der Waals surface area contributed by atoms with Crippen LogP contribution in [0.3, 0.4) is 0 Å². The van der Waals surface area contributed by atoms with Gasteiger partial charge in [0.15, 0.2) is 0 Å². The fourth-order valence-electron chi connectivity index (χ4n) is 3.04. The second-order valence-corrected chi connectivity index (χ2v) is 6.99. The number of nitrogens with one attached hydrogen (secondary N) is 2. The molecule has 3 N–H and O–H groups in total. The molecular weight excluding hydrogens is 394 g/mol. The fourth-order valence-corrected chi connectivity index (χ4v) is 3.04. The van der Waals surface area contributed by atoms with Crippen LogP contribution in [0.15, 0.2) is 79.1 Å². The van der Waals surface area contributed by atoms with Gasteiger partial charge in [0.1, 0.15) is 6.04 Å². The largest absolute Gasteiger partial charge is 0.480 e. The Labute approximate surface area is 180 Å². The normalized spacial score (nSPS) is 11.5. The Morgan fingerprint density at radius 3 is 2.16 bits per heavy atom. The number of hydrogen-bond acceptors (Lipinski definition) is 5. The Bertz CT molecular complexity index is 1020. The molecule has 158 valence electrons. The predicted octanol–water partition coefficient (Wildman–Crippen LogP) is 3.03. The molecule has 7 nitrogen and oxygen atoms in total. The summed E-state index contributed by atoms with van der Waals surface area (Å²) in [5, 5.41) is 14.6. The zero-order valence-electron chi connectivity index (χ0n) is 16.8. The highest BCUT2D eigenvalue weighted by atomic mass is 16.4. The maximum atomic E-state index is 12.3. The number of carboxylic acid groups (broad SMARTS) is 1. The number of aromatic nitrogens is 1. The Balaban J connectivity index is 1.49. The van der Waals surface area contributed by atoms with Gasteiger partial charge in [-0.05, 0) is 47.4 Å². The van der Waals surface area contributed by atoms with Crippen molar-refractivity contribution in [3.05, 3.63) is 90.3 Å². The van der Waals surface area contributed by atoms with Crippen LogP contribution in [-0.4, -0.2) is 33.9 Å². The van der Waals surface area contributed by atoms with Gasteiger partial charge in [0.05, 0.1) is 0 Å². The van der Waals surface area contributed by atoms with Gasteiger partial charge in [0.25, 0.3) is 5.91 Å². The standard InChI is InChI=1S/C24H23N3O4/c28-22(11-10-21(24(30)31)26-16-17-4-2-1-3-5-17)27-23(29)20-8-6-18(7-9-20)19-12-14-25-15-13-19/h1-9,12-15,21,26H,10-11,16H2,(H,30,31)(H,27,28,29)/t21-/m0/s1. The summed E-state index contributed by atoms with van der Waals surface area (Å²) in [7, 11) is 0. The molecule has 7 heteroatoms. The Hall–Kier alpha value is -3.84. The van der Waals surface area contributed by atoms with Crippen molar-refractivity contribution in [3.63, 3.8) is 0 Å². The third-order valence-corrected chi connectivity index (χ3v) is 4.77. The minimum Gasteiger partial charge on any atom is -0.480 e. The number of carbonyl (C=O) groups excluding carboxylic acids is 2. The molecule has 0 aliphatic carbocycles. The first-order valence-electron chi connectivity index (χ1n) is 9.87. The van der Waals surface area contributed by atoms with Crippen molar-refractivity contribution in [2.75, 3.05) is 0 Å². The number of pyridine rings is 1. The first kappa shape index (κ1) is 21.9. The highest BCUT2D eigenvalue weighted by Gasteiger charge is 2.19. The van der Waals surface area contributed by atoms with Gasteiger partial charge in [0, 0.05) is 30.9 Å². The SMILES string of the molecule is O=C(CC[C@H](NCc1ccccc1)C(=O)O)NC(=O)c1ccc(-c2ccncc2)cc1. The van der Waals surface area contributed by atoms with Crippen molar-refractivity contribution in [2.24, 2.45) is 0 Å². The van der Waals surface area contributed by atoms with E-state index < -0.39 is 23.8 Å². The van der Waals surface area contributed by atoms with Crippen LogP contribution in [0.2, 0.25) is 0 Å². The number of amides is 2. The molecule has 0 spiro atoms. The van der Waals surface area contributed by atoms with E-state index >= 15 is 0 Å². The lowest BCUT2D eigenvalue weighted by atomic mass is 10.0.